The van der Waals surface area contributed by atoms with Crippen molar-refractivity contribution in [2.75, 3.05) is 0 Å². The van der Waals surface area contributed by atoms with Gasteiger partial charge in [0.15, 0.2) is 10.6 Å². The minimum absolute atomic E-state index is 0.690. The van der Waals surface area contributed by atoms with Gasteiger partial charge in [-0.25, -0.2) is 4.98 Å². The van der Waals surface area contributed by atoms with E-state index < -0.39 is 0 Å². The summed E-state index contributed by atoms with van der Waals surface area (Å²) in [7, 11) is 0. The standard InChI is InChI=1S/C11H16N4S2/c1-4-6-15-10(13-14-11(15)16)9-8(5-2)12-7(3)17-9/h4-6H2,1-3H3,(H,14,16). The lowest BCUT2D eigenvalue weighted by Crippen LogP contribution is -2.00. The molecule has 0 radical (unpaired) electrons. The first-order chi connectivity index (χ1) is 8.17. The Balaban J connectivity index is 2.55. The van der Waals surface area contributed by atoms with Crippen molar-refractivity contribution >= 4 is 23.6 Å². The Morgan fingerprint density at radius 2 is 2.18 bits per heavy atom. The summed E-state index contributed by atoms with van der Waals surface area (Å²) in [5.74, 6) is 0.930. The lowest BCUT2D eigenvalue weighted by Gasteiger charge is -2.03. The highest BCUT2D eigenvalue weighted by Gasteiger charge is 2.15. The minimum Gasteiger partial charge on any atom is -0.299 e. The number of H-pyrrole nitrogens is 1. The van der Waals surface area contributed by atoms with E-state index >= 15 is 0 Å². The molecule has 2 aromatic rings. The van der Waals surface area contributed by atoms with Crippen LogP contribution in [0.25, 0.3) is 10.7 Å². The molecule has 0 saturated heterocycles. The maximum Gasteiger partial charge on any atom is 0.195 e. The van der Waals surface area contributed by atoms with Gasteiger partial charge in [-0.15, -0.1) is 11.3 Å². The van der Waals surface area contributed by atoms with Gasteiger partial charge in [-0.3, -0.25) is 9.67 Å². The summed E-state index contributed by atoms with van der Waals surface area (Å²) in [5.41, 5.74) is 1.11. The third kappa shape index (κ3) is 2.32. The second-order valence-corrected chi connectivity index (χ2v) is 5.46. The van der Waals surface area contributed by atoms with Gasteiger partial charge >= 0.3 is 0 Å². The fourth-order valence-electron chi connectivity index (χ4n) is 1.81. The van der Waals surface area contributed by atoms with Crippen molar-refractivity contribution < 1.29 is 0 Å². The average molecular weight is 268 g/mol. The number of aryl methyl sites for hydroxylation is 2. The van der Waals surface area contributed by atoms with Gasteiger partial charge in [0, 0.05) is 6.54 Å². The van der Waals surface area contributed by atoms with Crippen LogP contribution in [0.3, 0.4) is 0 Å². The number of aromatic nitrogens is 4. The van der Waals surface area contributed by atoms with Crippen molar-refractivity contribution in [3.8, 4) is 10.7 Å². The first-order valence-electron chi connectivity index (χ1n) is 5.79. The highest BCUT2D eigenvalue weighted by Crippen LogP contribution is 2.29. The predicted molar refractivity (Wildman–Crippen MR) is 72.9 cm³/mol. The number of rotatable bonds is 4. The van der Waals surface area contributed by atoms with E-state index in [1.807, 2.05) is 6.92 Å². The molecule has 17 heavy (non-hydrogen) atoms. The van der Waals surface area contributed by atoms with Gasteiger partial charge in [-0.05, 0) is 32.0 Å². The molecular weight excluding hydrogens is 252 g/mol. The molecule has 4 nitrogen and oxygen atoms in total. The zero-order valence-electron chi connectivity index (χ0n) is 10.3. The Hall–Kier alpha value is -1.01. The minimum atomic E-state index is 0.690. The normalized spacial score (nSPS) is 11.0. The number of nitrogens with zero attached hydrogens (tertiary/aromatic N) is 3. The van der Waals surface area contributed by atoms with Gasteiger partial charge in [-0.1, -0.05) is 13.8 Å². The van der Waals surface area contributed by atoms with Crippen LogP contribution in [0.15, 0.2) is 0 Å². The average Bonchev–Trinajstić information content (AvgIpc) is 2.84. The Bertz CT molecular complexity index is 564. The quantitative estimate of drug-likeness (QED) is 0.865. The molecule has 0 aliphatic carbocycles. The van der Waals surface area contributed by atoms with Gasteiger partial charge < -0.3 is 0 Å². The highest BCUT2D eigenvalue weighted by atomic mass is 32.1. The number of nitrogens with one attached hydrogen (secondary N) is 1. The molecule has 0 aliphatic rings. The maximum atomic E-state index is 5.25. The largest absolute Gasteiger partial charge is 0.299 e. The smallest absolute Gasteiger partial charge is 0.195 e. The molecule has 0 aromatic carbocycles. The van der Waals surface area contributed by atoms with Gasteiger partial charge in [0.05, 0.1) is 15.6 Å². The highest BCUT2D eigenvalue weighted by molar-refractivity contribution is 7.71. The van der Waals surface area contributed by atoms with Gasteiger partial charge in [-0.2, -0.15) is 5.10 Å². The van der Waals surface area contributed by atoms with Crippen LogP contribution in [-0.2, 0) is 13.0 Å². The first kappa shape index (κ1) is 12.4. The first-order valence-corrected chi connectivity index (χ1v) is 7.01. The molecular formula is C11H16N4S2. The molecule has 0 aliphatic heterocycles. The predicted octanol–water partition coefficient (Wildman–Crippen LogP) is 3.35. The zero-order valence-corrected chi connectivity index (χ0v) is 11.9. The van der Waals surface area contributed by atoms with Gasteiger partial charge in [0.2, 0.25) is 0 Å². The number of hydrogen-bond acceptors (Lipinski definition) is 4. The molecule has 0 atom stereocenters. The van der Waals surface area contributed by atoms with E-state index in [0.29, 0.717) is 4.77 Å². The van der Waals surface area contributed by atoms with Crippen molar-refractivity contribution in [3.63, 3.8) is 0 Å². The van der Waals surface area contributed by atoms with Crippen LogP contribution in [0.4, 0.5) is 0 Å². The number of thiazole rings is 1. The SMILES string of the molecule is CCCn1c(-c2sc(C)nc2CC)n[nH]c1=S. The summed E-state index contributed by atoms with van der Waals surface area (Å²) in [4.78, 5) is 5.68. The van der Waals surface area contributed by atoms with Crippen LogP contribution in [0.1, 0.15) is 31.0 Å². The number of hydrogen-bond donors (Lipinski definition) is 1. The van der Waals surface area contributed by atoms with Crippen molar-refractivity contribution in [2.45, 2.75) is 40.2 Å². The molecule has 2 aromatic heterocycles. The molecule has 2 heterocycles. The Morgan fingerprint density at radius 1 is 1.41 bits per heavy atom. The van der Waals surface area contributed by atoms with Crippen LogP contribution >= 0.6 is 23.6 Å². The Kier molecular flexibility index (Phi) is 3.73. The number of aromatic amines is 1. The molecule has 1 N–H and O–H groups in total. The summed E-state index contributed by atoms with van der Waals surface area (Å²) in [6.45, 7) is 7.17. The van der Waals surface area contributed by atoms with Crippen LogP contribution in [-0.4, -0.2) is 19.7 Å². The van der Waals surface area contributed by atoms with Gasteiger partial charge in [0.1, 0.15) is 0 Å². The molecule has 0 unspecified atom stereocenters. The third-order valence-corrected chi connectivity index (χ3v) is 3.87. The second-order valence-electron chi connectivity index (χ2n) is 3.87. The van der Waals surface area contributed by atoms with E-state index in [0.717, 1.165) is 40.8 Å². The van der Waals surface area contributed by atoms with Crippen molar-refractivity contribution in [1.82, 2.24) is 19.7 Å². The van der Waals surface area contributed by atoms with E-state index in [1.165, 1.54) is 0 Å². The fraction of sp³-hybridized carbons (Fsp3) is 0.545. The third-order valence-electron chi connectivity index (χ3n) is 2.55. The second kappa shape index (κ2) is 5.10. The summed E-state index contributed by atoms with van der Waals surface area (Å²) in [6.07, 6.45) is 1.96. The molecule has 2 rings (SSSR count). The molecule has 6 heteroatoms. The maximum absolute atomic E-state index is 5.25. The lowest BCUT2D eigenvalue weighted by atomic mass is 10.3. The van der Waals surface area contributed by atoms with Gasteiger partial charge in [0.25, 0.3) is 0 Å². The van der Waals surface area contributed by atoms with E-state index in [-0.39, 0.29) is 0 Å². The van der Waals surface area contributed by atoms with Crippen LogP contribution in [0.2, 0.25) is 0 Å². The van der Waals surface area contributed by atoms with E-state index in [1.54, 1.807) is 11.3 Å². The van der Waals surface area contributed by atoms with Crippen molar-refractivity contribution in [1.29, 1.82) is 0 Å². The Labute approximate surface area is 110 Å². The molecule has 0 spiro atoms. The van der Waals surface area contributed by atoms with Crippen molar-refractivity contribution in [3.05, 3.63) is 15.5 Å². The summed E-state index contributed by atoms with van der Waals surface area (Å²) < 4.78 is 2.75. The summed E-state index contributed by atoms with van der Waals surface area (Å²) in [6, 6.07) is 0. The van der Waals surface area contributed by atoms with Crippen LogP contribution in [0, 0.1) is 11.7 Å². The van der Waals surface area contributed by atoms with Crippen molar-refractivity contribution in [2.24, 2.45) is 0 Å². The zero-order chi connectivity index (χ0) is 12.4. The summed E-state index contributed by atoms with van der Waals surface area (Å²) >= 11 is 6.94. The molecule has 0 amide bonds. The van der Waals surface area contributed by atoms with E-state index in [4.69, 9.17) is 12.2 Å². The van der Waals surface area contributed by atoms with E-state index in [2.05, 4.69) is 33.6 Å². The molecule has 0 saturated carbocycles. The van der Waals surface area contributed by atoms with Crippen LogP contribution in [0.5, 0.6) is 0 Å². The monoisotopic (exact) mass is 268 g/mol. The van der Waals surface area contributed by atoms with E-state index in [9.17, 15) is 0 Å². The molecule has 0 bridgehead atoms. The summed E-state index contributed by atoms with van der Waals surface area (Å²) in [5, 5.41) is 8.30. The molecule has 92 valence electrons. The Morgan fingerprint density at radius 3 is 2.82 bits per heavy atom. The van der Waals surface area contributed by atoms with Crippen LogP contribution < -0.4 is 0 Å². The lowest BCUT2D eigenvalue weighted by molar-refractivity contribution is 0.675. The molecule has 0 fully saturated rings. The fourth-order valence-corrected chi connectivity index (χ4v) is 3.04. The topological polar surface area (TPSA) is 46.5 Å².